The molecule has 1 amide bonds. The van der Waals surface area contributed by atoms with Crippen LogP contribution in [0.2, 0.25) is 0 Å². The molecular weight excluding hydrogens is 311 g/mol. The van der Waals surface area contributed by atoms with Crippen molar-refractivity contribution in [2.45, 2.75) is 18.3 Å². The van der Waals surface area contributed by atoms with E-state index < -0.39 is 49.0 Å². The summed E-state index contributed by atoms with van der Waals surface area (Å²) in [5, 5.41) is 0. The lowest BCUT2D eigenvalue weighted by molar-refractivity contribution is -0.162. The Morgan fingerprint density at radius 3 is 2.64 bits per heavy atom. The highest BCUT2D eigenvalue weighted by molar-refractivity contribution is 5.82. The van der Waals surface area contributed by atoms with Crippen LogP contribution in [0, 0.1) is 11.6 Å². The highest BCUT2D eigenvalue weighted by atomic mass is 19.4. The van der Waals surface area contributed by atoms with Gasteiger partial charge >= 0.3 is 6.18 Å². The Morgan fingerprint density at radius 1 is 1.32 bits per heavy atom. The van der Waals surface area contributed by atoms with Crippen LogP contribution in [0.15, 0.2) is 18.2 Å². The minimum absolute atomic E-state index is 0.255. The summed E-state index contributed by atoms with van der Waals surface area (Å²) in [6, 6.07) is 1.98. The molecule has 0 radical (unpaired) electrons. The van der Waals surface area contributed by atoms with Crippen molar-refractivity contribution in [2.75, 3.05) is 19.7 Å². The third kappa shape index (κ3) is 3.72. The molecular formula is C13H13F5N2O2. The molecule has 4 nitrogen and oxygen atoms in total. The first kappa shape index (κ1) is 16.6. The summed E-state index contributed by atoms with van der Waals surface area (Å²) in [5.41, 5.74) is 5.19. The molecule has 122 valence electrons. The normalized spacial score (nSPS) is 23.5. The van der Waals surface area contributed by atoms with E-state index in [-0.39, 0.29) is 12.2 Å². The fourth-order valence-corrected chi connectivity index (χ4v) is 2.18. The van der Waals surface area contributed by atoms with Crippen LogP contribution >= 0.6 is 0 Å². The molecule has 1 saturated heterocycles. The van der Waals surface area contributed by atoms with Gasteiger partial charge in [0.05, 0.1) is 13.2 Å². The number of alkyl halides is 3. The van der Waals surface area contributed by atoms with Gasteiger partial charge < -0.3 is 15.4 Å². The first-order chi connectivity index (χ1) is 10.2. The molecule has 1 aromatic rings. The fourth-order valence-electron chi connectivity index (χ4n) is 2.18. The van der Waals surface area contributed by atoms with Crippen molar-refractivity contribution in [3.63, 3.8) is 0 Å². The summed E-state index contributed by atoms with van der Waals surface area (Å²) in [6.45, 7) is -2.48. The highest BCUT2D eigenvalue weighted by Crippen LogP contribution is 2.27. The van der Waals surface area contributed by atoms with E-state index in [0.717, 1.165) is 6.07 Å². The summed E-state index contributed by atoms with van der Waals surface area (Å²) in [6.07, 6.45) is -5.86. The Bertz CT molecular complexity index is 564. The molecule has 1 aromatic carbocycles. The third-order valence-corrected chi connectivity index (χ3v) is 3.19. The first-order valence-corrected chi connectivity index (χ1v) is 6.35. The minimum atomic E-state index is -4.63. The first-order valence-electron chi connectivity index (χ1n) is 6.35. The van der Waals surface area contributed by atoms with E-state index >= 15 is 0 Å². The van der Waals surface area contributed by atoms with Crippen molar-refractivity contribution in [1.29, 1.82) is 0 Å². The molecule has 2 rings (SSSR count). The third-order valence-electron chi connectivity index (χ3n) is 3.19. The van der Waals surface area contributed by atoms with Crippen LogP contribution in [0.3, 0.4) is 0 Å². The van der Waals surface area contributed by atoms with Gasteiger partial charge in [0.1, 0.15) is 18.7 Å². The predicted octanol–water partition coefficient (Wildman–Crippen LogP) is 1.75. The van der Waals surface area contributed by atoms with Crippen molar-refractivity contribution >= 4 is 5.91 Å². The van der Waals surface area contributed by atoms with Gasteiger partial charge in [-0.3, -0.25) is 4.79 Å². The van der Waals surface area contributed by atoms with Gasteiger partial charge in [-0.2, -0.15) is 13.2 Å². The van der Waals surface area contributed by atoms with E-state index in [9.17, 15) is 26.7 Å². The van der Waals surface area contributed by atoms with Gasteiger partial charge in [0, 0.05) is 5.56 Å². The monoisotopic (exact) mass is 324 g/mol. The maximum absolute atomic E-state index is 13.8. The van der Waals surface area contributed by atoms with Crippen LogP contribution in [0.4, 0.5) is 22.0 Å². The van der Waals surface area contributed by atoms with Gasteiger partial charge in [-0.1, -0.05) is 12.1 Å². The number of hydrogen-bond acceptors (Lipinski definition) is 3. The Balaban J connectivity index is 2.29. The molecule has 0 unspecified atom stereocenters. The second kappa shape index (κ2) is 6.17. The van der Waals surface area contributed by atoms with Gasteiger partial charge in [0.2, 0.25) is 5.91 Å². The van der Waals surface area contributed by atoms with Crippen LogP contribution in [-0.4, -0.2) is 42.7 Å². The van der Waals surface area contributed by atoms with Crippen LogP contribution in [0.25, 0.3) is 0 Å². The van der Waals surface area contributed by atoms with E-state index in [4.69, 9.17) is 10.5 Å². The molecule has 2 N–H and O–H groups in total. The molecule has 0 saturated carbocycles. The highest BCUT2D eigenvalue weighted by Gasteiger charge is 2.38. The molecule has 1 aliphatic rings. The summed E-state index contributed by atoms with van der Waals surface area (Å²) in [5.74, 6) is -3.32. The number of halogens is 5. The van der Waals surface area contributed by atoms with Gasteiger partial charge in [-0.15, -0.1) is 0 Å². The number of nitrogens with zero attached hydrogens (tertiary/aromatic N) is 1. The zero-order chi connectivity index (χ0) is 16.5. The number of hydrogen-bond donors (Lipinski definition) is 1. The number of benzene rings is 1. The summed E-state index contributed by atoms with van der Waals surface area (Å²) in [7, 11) is 0. The largest absolute Gasteiger partial charge is 0.406 e. The fraction of sp³-hybridized carbons (Fsp3) is 0.462. The van der Waals surface area contributed by atoms with Gasteiger partial charge in [-0.25, -0.2) is 8.78 Å². The van der Waals surface area contributed by atoms with Gasteiger partial charge in [0.15, 0.2) is 11.6 Å². The summed E-state index contributed by atoms with van der Waals surface area (Å²) >= 11 is 0. The maximum atomic E-state index is 13.8. The van der Waals surface area contributed by atoms with Crippen LogP contribution < -0.4 is 5.73 Å². The van der Waals surface area contributed by atoms with Crippen molar-refractivity contribution in [3.8, 4) is 0 Å². The average molecular weight is 324 g/mol. The zero-order valence-electron chi connectivity index (χ0n) is 11.2. The maximum Gasteiger partial charge on any atom is 0.406 e. The molecule has 0 spiro atoms. The van der Waals surface area contributed by atoms with Gasteiger partial charge in [-0.05, 0) is 6.07 Å². The number of ether oxygens (including phenoxy) is 1. The van der Waals surface area contributed by atoms with Crippen LogP contribution in [-0.2, 0) is 9.53 Å². The summed E-state index contributed by atoms with van der Waals surface area (Å²) < 4.78 is 69.8. The quantitative estimate of drug-likeness (QED) is 0.844. The number of rotatable bonds is 2. The molecule has 1 heterocycles. The summed E-state index contributed by atoms with van der Waals surface area (Å²) in [4.78, 5) is 12.3. The number of carbonyl (C=O) groups excluding carboxylic acids is 1. The Labute approximate surface area is 122 Å². The zero-order valence-corrected chi connectivity index (χ0v) is 11.2. The van der Waals surface area contributed by atoms with Crippen molar-refractivity contribution < 1.29 is 31.5 Å². The van der Waals surface area contributed by atoms with Crippen molar-refractivity contribution in [3.05, 3.63) is 35.4 Å². The molecule has 1 fully saturated rings. The number of amides is 1. The topological polar surface area (TPSA) is 55.6 Å². The minimum Gasteiger partial charge on any atom is -0.369 e. The lowest BCUT2D eigenvalue weighted by Gasteiger charge is -2.26. The second-order valence-corrected chi connectivity index (χ2v) is 4.91. The van der Waals surface area contributed by atoms with E-state index in [1.54, 1.807) is 0 Å². The molecule has 0 aromatic heterocycles. The Morgan fingerprint density at radius 2 is 2.00 bits per heavy atom. The molecule has 0 bridgehead atoms. The molecule has 1 aliphatic heterocycles. The smallest absolute Gasteiger partial charge is 0.369 e. The van der Waals surface area contributed by atoms with Gasteiger partial charge in [0.25, 0.3) is 0 Å². The second-order valence-electron chi connectivity index (χ2n) is 4.91. The molecule has 0 aliphatic carbocycles. The number of nitrogens with two attached hydrogens (primary N) is 1. The van der Waals surface area contributed by atoms with E-state index in [2.05, 4.69) is 0 Å². The SMILES string of the molecule is N[C@@H]1CO[C@@H](c2cccc(F)c2F)CN(CC(F)(F)F)C1=O. The van der Waals surface area contributed by atoms with E-state index in [1.807, 2.05) is 0 Å². The van der Waals surface area contributed by atoms with Crippen molar-refractivity contribution in [1.82, 2.24) is 4.90 Å². The lowest BCUT2D eigenvalue weighted by Crippen LogP contribution is -2.47. The Hall–Kier alpha value is -1.74. The van der Waals surface area contributed by atoms with Crippen molar-refractivity contribution in [2.24, 2.45) is 5.73 Å². The molecule has 9 heteroatoms. The average Bonchev–Trinajstić information content (AvgIpc) is 2.54. The van der Waals surface area contributed by atoms with Crippen LogP contribution in [0.5, 0.6) is 0 Å². The standard InChI is InChI=1S/C13H13F5N2O2/c14-8-3-1-2-7(11(8)15)10-4-20(6-13(16,17)18)12(21)9(19)5-22-10/h1-3,9-10H,4-6,19H2/t9-,10-/m1/s1. The van der Waals surface area contributed by atoms with E-state index in [0.29, 0.717) is 4.90 Å². The predicted molar refractivity (Wildman–Crippen MR) is 65.7 cm³/mol. The van der Waals surface area contributed by atoms with Crippen LogP contribution in [0.1, 0.15) is 11.7 Å². The number of carbonyl (C=O) groups is 1. The molecule has 22 heavy (non-hydrogen) atoms. The Kier molecular flexibility index (Phi) is 4.66. The lowest BCUT2D eigenvalue weighted by atomic mass is 10.1. The molecule has 2 atom stereocenters. The van der Waals surface area contributed by atoms with E-state index in [1.165, 1.54) is 12.1 Å².